The molecule has 0 aliphatic heterocycles. The fourth-order valence-corrected chi connectivity index (χ4v) is 3.43. The van der Waals surface area contributed by atoms with Crippen molar-refractivity contribution in [2.45, 2.75) is 111 Å². The van der Waals surface area contributed by atoms with Crippen LogP contribution in [0.15, 0.2) is 98.6 Å². The Morgan fingerprint density at radius 2 is 1.05 bits per heavy atom. The van der Waals surface area contributed by atoms with Gasteiger partial charge in [-0.1, -0.05) is 182 Å². The number of esters is 1. The zero-order chi connectivity index (χ0) is 30.3. The van der Waals surface area contributed by atoms with Crippen molar-refractivity contribution in [2.24, 2.45) is 0 Å². The van der Waals surface area contributed by atoms with E-state index >= 15 is 0 Å². The van der Waals surface area contributed by atoms with Gasteiger partial charge >= 0.3 is 5.97 Å². The van der Waals surface area contributed by atoms with Crippen molar-refractivity contribution in [1.29, 1.82) is 0 Å². The highest BCUT2D eigenvalue weighted by Crippen LogP contribution is 2.12. The van der Waals surface area contributed by atoms with Crippen molar-refractivity contribution in [3.8, 4) is 0 Å². The van der Waals surface area contributed by atoms with Crippen molar-refractivity contribution in [2.75, 3.05) is 0 Å². The summed E-state index contributed by atoms with van der Waals surface area (Å²) in [5, 5.41) is 0. The normalized spacial score (nSPS) is 9.43. The number of carbonyl (C=O) groups excluding carboxylic acids is 1. The van der Waals surface area contributed by atoms with Crippen molar-refractivity contribution < 1.29 is 9.53 Å². The first-order valence-corrected chi connectivity index (χ1v) is 15.1. The fourth-order valence-electron chi connectivity index (χ4n) is 3.43. The molecule has 2 aromatic rings. The van der Waals surface area contributed by atoms with Crippen LogP contribution in [0, 0.1) is 0 Å². The average molecular weight is 547 g/mol. The number of rotatable bonds is 16. The highest BCUT2D eigenvalue weighted by atomic mass is 16.5. The predicted molar refractivity (Wildman–Crippen MR) is 180 cm³/mol. The van der Waals surface area contributed by atoms with E-state index in [0.717, 1.165) is 12.0 Å². The molecule has 0 amide bonds. The third-order valence-corrected chi connectivity index (χ3v) is 5.77. The molecule has 0 fully saturated rings. The van der Waals surface area contributed by atoms with Crippen molar-refractivity contribution in [3.63, 3.8) is 0 Å². The Balaban J connectivity index is 0. The van der Waals surface area contributed by atoms with Crippen molar-refractivity contribution in [1.82, 2.24) is 0 Å². The van der Waals surface area contributed by atoms with E-state index in [4.69, 9.17) is 4.74 Å². The minimum Gasteiger partial charge on any atom is -0.463 e. The van der Waals surface area contributed by atoms with Crippen molar-refractivity contribution >= 4 is 18.1 Å². The summed E-state index contributed by atoms with van der Waals surface area (Å²) in [5.74, 6) is -0.0362. The third kappa shape index (κ3) is 31.1. The lowest BCUT2D eigenvalue weighted by Gasteiger charge is -2.07. The van der Waals surface area contributed by atoms with E-state index in [1.165, 1.54) is 75.3 Å². The van der Waals surface area contributed by atoms with Crippen molar-refractivity contribution in [3.05, 3.63) is 110 Å². The van der Waals surface area contributed by atoms with Crippen LogP contribution in [0.5, 0.6) is 0 Å². The summed E-state index contributed by atoms with van der Waals surface area (Å²) in [4.78, 5) is 11.3. The molecule has 2 nitrogen and oxygen atoms in total. The van der Waals surface area contributed by atoms with Gasteiger partial charge in [0.1, 0.15) is 0 Å². The molecule has 0 spiro atoms. The summed E-state index contributed by atoms with van der Waals surface area (Å²) < 4.78 is 5.10. The lowest BCUT2D eigenvalue weighted by atomic mass is 10.1. The fraction of sp³-hybridized carbons (Fsp3) is 0.447. The molecule has 0 aromatic heterocycles. The number of allylic oxidation sites excluding steroid dienone is 2. The Kier molecular flexibility index (Phi) is 29.7. The first-order valence-electron chi connectivity index (χ1n) is 15.1. The van der Waals surface area contributed by atoms with Crippen LogP contribution in [0.1, 0.15) is 116 Å². The summed E-state index contributed by atoms with van der Waals surface area (Å²) in [6.45, 7) is 22.3. The number of benzene rings is 2. The number of unbranched alkanes of at least 4 members (excludes halogenated alkanes) is 10. The highest BCUT2D eigenvalue weighted by molar-refractivity contribution is 5.69. The molecule has 222 valence electrons. The maximum Gasteiger partial charge on any atom is 0.306 e. The highest BCUT2D eigenvalue weighted by Gasteiger charge is 2.04. The van der Waals surface area contributed by atoms with Crippen LogP contribution >= 0.6 is 0 Å². The summed E-state index contributed by atoms with van der Waals surface area (Å²) >= 11 is 0. The zero-order valence-electron chi connectivity index (χ0n) is 26.2. The quantitative estimate of drug-likeness (QED) is 0.119. The van der Waals surface area contributed by atoms with Crippen LogP contribution in [0.4, 0.5) is 0 Å². The maximum atomic E-state index is 11.3. The topological polar surface area (TPSA) is 26.3 Å². The van der Waals surface area contributed by atoms with Gasteiger partial charge < -0.3 is 4.74 Å². The van der Waals surface area contributed by atoms with Crippen LogP contribution in [-0.2, 0) is 9.53 Å². The van der Waals surface area contributed by atoms with Crippen LogP contribution in [0.2, 0.25) is 0 Å². The Bertz CT molecular complexity index is 821. The number of carbonyl (C=O) groups is 1. The average Bonchev–Trinajstić information content (AvgIpc) is 2.97. The first kappa shape index (κ1) is 39.0. The van der Waals surface area contributed by atoms with Crippen LogP contribution < -0.4 is 0 Å². The summed E-state index contributed by atoms with van der Waals surface area (Å²) in [6, 6.07) is 20.1. The molecule has 40 heavy (non-hydrogen) atoms. The molecule has 2 heteroatoms. The lowest BCUT2D eigenvalue weighted by Crippen LogP contribution is -2.10. The Morgan fingerprint density at radius 1 is 0.700 bits per heavy atom. The minimum absolute atomic E-state index is 0.0280. The van der Waals surface area contributed by atoms with Crippen LogP contribution in [0.3, 0.4) is 0 Å². The van der Waals surface area contributed by atoms with Gasteiger partial charge in [-0.05, 0) is 38.3 Å². The molecule has 0 atom stereocenters. The summed E-state index contributed by atoms with van der Waals surface area (Å²) in [6.07, 6.45) is 20.5. The molecule has 2 rings (SSSR count). The van der Waals surface area contributed by atoms with Gasteiger partial charge in [0.25, 0.3) is 0 Å². The van der Waals surface area contributed by atoms with E-state index in [1.807, 2.05) is 93.6 Å². The van der Waals surface area contributed by atoms with Crippen LogP contribution in [0.25, 0.3) is 12.2 Å². The molecule has 0 aliphatic rings. The molecule has 0 aliphatic carbocycles. The Hall–Kier alpha value is -3.13. The second-order valence-electron chi connectivity index (χ2n) is 10.1. The monoisotopic (exact) mass is 546 g/mol. The van der Waals surface area contributed by atoms with Gasteiger partial charge in [0, 0.05) is 6.42 Å². The number of ether oxygens (including phenoxy) is 1. The minimum atomic E-state index is -0.0362. The van der Waals surface area contributed by atoms with Gasteiger partial charge in [0.05, 0.1) is 6.10 Å². The van der Waals surface area contributed by atoms with E-state index < -0.39 is 0 Å². The Labute approximate surface area is 248 Å². The van der Waals surface area contributed by atoms with Gasteiger partial charge in [-0.3, -0.25) is 4.79 Å². The SMILES string of the molecule is C=CC(=C)C.C=Cc1ccccc1.C=Cc1ccccc1.CCCCCCCCCCCCCC(=O)OC(C)C. The standard InChI is InChI=1S/C17H34O2.2C8H8.C5H8/c1-4-5-6-7-8-9-10-11-12-13-14-15-17(18)19-16(2)3;2*1-2-8-6-4-3-5-7-8;1-4-5(2)3/h16H,4-15H2,1-3H3;2*2-7H,1H2;4H,1-2H2,3H3. The Morgan fingerprint density at radius 3 is 1.32 bits per heavy atom. The van der Waals surface area contributed by atoms with Crippen LogP contribution in [-0.4, -0.2) is 12.1 Å². The molecule has 0 unspecified atom stereocenters. The lowest BCUT2D eigenvalue weighted by molar-refractivity contribution is -0.147. The second-order valence-corrected chi connectivity index (χ2v) is 10.1. The van der Waals surface area contributed by atoms with E-state index in [2.05, 4.69) is 33.2 Å². The maximum absolute atomic E-state index is 11.3. The molecule has 0 radical (unpaired) electrons. The number of hydrogen-bond donors (Lipinski definition) is 0. The largest absolute Gasteiger partial charge is 0.463 e. The predicted octanol–water partition coefficient (Wildman–Crippen LogP) is 12.0. The van der Waals surface area contributed by atoms with E-state index in [0.29, 0.717) is 6.42 Å². The van der Waals surface area contributed by atoms with Gasteiger partial charge in [-0.25, -0.2) is 0 Å². The molecule has 0 N–H and O–H groups in total. The van der Waals surface area contributed by atoms with Gasteiger partial charge in [0.15, 0.2) is 0 Å². The summed E-state index contributed by atoms with van der Waals surface area (Å²) in [5.41, 5.74) is 3.37. The molecular weight excluding hydrogens is 488 g/mol. The molecule has 2 aromatic carbocycles. The van der Waals surface area contributed by atoms with Gasteiger partial charge in [0.2, 0.25) is 0 Å². The smallest absolute Gasteiger partial charge is 0.306 e. The first-order chi connectivity index (χ1) is 19.3. The third-order valence-electron chi connectivity index (χ3n) is 5.77. The second kappa shape index (κ2) is 30.4. The van der Waals surface area contributed by atoms with E-state index in [-0.39, 0.29) is 12.1 Å². The molecule has 0 saturated heterocycles. The van der Waals surface area contributed by atoms with Gasteiger partial charge in [-0.2, -0.15) is 0 Å². The van der Waals surface area contributed by atoms with E-state index in [9.17, 15) is 4.79 Å². The molecular formula is C38H58O2. The molecule has 0 bridgehead atoms. The zero-order valence-corrected chi connectivity index (χ0v) is 26.2. The number of hydrogen-bond acceptors (Lipinski definition) is 2. The summed E-state index contributed by atoms with van der Waals surface area (Å²) in [7, 11) is 0. The van der Waals surface area contributed by atoms with Gasteiger partial charge in [-0.15, -0.1) is 0 Å². The van der Waals surface area contributed by atoms with E-state index in [1.54, 1.807) is 6.08 Å². The molecule has 0 heterocycles. The molecule has 0 saturated carbocycles.